The molecular formula is C19H16ClN5O2S. The molecule has 0 saturated carbocycles. The van der Waals surface area contributed by atoms with Crippen LogP contribution in [0.3, 0.4) is 0 Å². The highest BCUT2D eigenvalue weighted by molar-refractivity contribution is 7.89. The fraction of sp³-hybridized carbons (Fsp3) is 0. The van der Waals surface area contributed by atoms with E-state index < -0.39 is 10.0 Å². The molecule has 4 aromatic rings. The number of halogens is 1. The van der Waals surface area contributed by atoms with Gasteiger partial charge in [0.05, 0.1) is 10.4 Å². The van der Waals surface area contributed by atoms with Crippen LogP contribution in [0.25, 0.3) is 22.3 Å². The Labute approximate surface area is 168 Å². The number of hydrogen-bond donors (Lipinski definition) is 2. The van der Waals surface area contributed by atoms with E-state index in [0.29, 0.717) is 17.3 Å². The van der Waals surface area contributed by atoms with Gasteiger partial charge in [0.25, 0.3) is 0 Å². The minimum absolute atomic E-state index is 0. The first kappa shape index (κ1) is 19.7. The molecule has 2 heterocycles. The molecule has 0 bridgehead atoms. The molecule has 0 aliphatic rings. The number of fused-ring (bicyclic) bond motifs is 1. The summed E-state index contributed by atoms with van der Waals surface area (Å²) in [6.45, 7) is 0. The van der Waals surface area contributed by atoms with Gasteiger partial charge in [0.15, 0.2) is 5.82 Å². The first-order chi connectivity index (χ1) is 13.0. The molecule has 3 N–H and O–H groups in total. The summed E-state index contributed by atoms with van der Waals surface area (Å²) in [6.07, 6.45) is 3.39. The number of nitrogens with zero attached hydrogens (tertiary/aromatic N) is 3. The Morgan fingerprint density at radius 2 is 1.64 bits per heavy atom. The number of nitrogens with two attached hydrogens (primary N) is 1. The van der Waals surface area contributed by atoms with Crippen LogP contribution in [0.4, 0.5) is 11.5 Å². The maximum absolute atomic E-state index is 11.4. The van der Waals surface area contributed by atoms with Gasteiger partial charge in [-0.15, -0.1) is 12.4 Å². The van der Waals surface area contributed by atoms with E-state index in [0.717, 1.165) is 16.5 Å². The Kier molecular flexibility index (Phi) is 5.55. The van der Waals surface area contributed by atoms with Crippen LogP contribution in [0.15, 0.2) is 78.0 Å². The Morgan fingerprint density at radius 3 is 2.32 bits per heavy atom. The maximum atomic E-state index is 11.4. The number of rotatable bonds is 4. The van der Waals surface area contributed by atoms with Crippen molar-refractivity contribution in [3.05, 3.63) is 73.1 Å². The summed E-state index contributed by atoms with van der Waals surface area (Å²) >= 11 is 0. The molecule has 4 rings (SSSR count). The number of nitrogens with one attached hydrogen (secondary N) is 1. The first-order valence-corrected chi connectivity index (χ1v) is 9.62. The molecule has 0 aliphatic carbocycles. The molecule has 9 heteroatoms. The first-order valence-electron chi connectivity index (χ1n) is 8.08. The van der Waals surface area contributed by atoms with E-state index in [-0.39, 0.29) is 17.3 Å². The van der Waals surface area contributed by atoms with Crippen molar-refractivity contribution in [2.75, 3.05) is 5.32 Å². The van der Waals surface area contributed by atoms with Crippen molar-refractivity contribution in [3.8, 4) is 11.4 Å². The molecule has 0 saturated heterocycles. The number of hydrogen-bond acceptors (Lipinski definition) is 6. The largest absolute Gasteiger partial charge is 0.340 e. The lowest BCUT2D eigenvalue weighted by Crippen LogP contribution is -2.11. The Balaban J connectivity index is 0.00000225. The van der Waals surface area contributed by atoms with Crippen molar-refractivity contribution in [2.45, 2.75) is 4.90 Å². The SMILES string of the molecule is Cl.NS(=O)(=O)c1ccc(Nc2nc(-c3cccnc3)nc3ccccc23)cc1. The van der Waals surface area contributed by atoms with E-state index in [9.17, 15) is 8.42 Å². The van der Waals surface area contributed by atoms with E-state index >= 15 is 0 Å². The van der Waals surface area contributed by atoms with Gasteiger partial charge in [-0.2, -0.15) is 0 Å². The van der Waals surface area contributed by atoms with Crippen LogP contribution in [0.5, 0.6) is 0 Å². The van der Waals surface area contributed by atoms with Crippen molar-refractivity contribution in [1.29, 1.82) is 0 Å². The third-order valence-corrected chi connectivity index (χ3v) is 4.90. The molecule has 0 fully saturated rings. The number of benzene rings is 2. The molecule has 2 aromatic heterocycles. The van der Waals surface area contributed by atoms with E-state index in [1.807, 2.05) is 36.4 Å². The molecule has 0 unspecified atom stereocenters. The summed E-state index contributed by atoms with van der Waals surface area (Å²) in [5.41, 5.74) is 2.27. The monoisotopic (exact) mass is 413 g/mol. The molecule has 142 valence electrons. The molecule has 2 aromatic carbocycles. The fourth-order valence-corrected chi connectivity index (χ4v) is 3.18. The van der Waals surface area contributed by atoms with E-state index in [1.54, 1.807) is 24.5 Å². The van der Waals surface area contributed by atoms with Gasteiger partial charge in [0.2, 0.25) is 10.0 Å². The van der Waals surface area contributed by atoms with Gasteiger partial charge >= 0.3 is 0 Å². The van der Waals surface area contributed by atoms with Crippen molar-refractivity contribution in [2.24, 2.45) is 5.14 Å². The Morgan fingerprint density at radius 1 is 0.893 bits per heavy atom. The van der Waals surface area contributed by atoms with Gasteiger partial charge in [-0.05, 0) is 48.5 Å². The van der Waals surface area contributed by atoms with Crippen LogP contribution in [0.1, 0.15) is 0 Å². The summed E-state index contributed by atoms with van der Waals surface area (Å²) in [4.78, 5) is 13.4. The second-order valence-electron chi connectivity index (χ2n) is 5.85. The highest BCUT2D eigenvalue weighted by atomic mass is 35.5. The topological polar surface area (TPSA) is 111 Å². The average molecular weight is 414 g/mol. The van der Waals surface area contributed by atoms with Gasteiger partial charge in [-0.1, -0.05) is 12.1 Å². The van der Waals surface area contributed by atoms with Gasteiger partial charge in [0, 0.05) is 29.0 Å². The zero-order valence-corrected chi connectivity index (χ0v) is 16.1. The second kappa shape index (κ2) is 7.89. The molecule has 0 atom stereocenters. The van der Waals surface area contributed by atoms with Crippen molar-refractivity contribution in [1.82, 2.24) is 15.0 Å². The Bertz CT molecular complexity index is 1220. The van der Waals surface area contributed by atoms with Gasteiger partial charge in [-0.3, -0.25) is 4.98 Å². The third kappa shape index (κ3) is 4.09. The molecule has 0 spiro atoms. The van der Waals surface area contributed by atoms with Crippen LogP contribution >= 0.6 is 12.4 Å². The van der Waals surface area contributed by atoms with Crippen LogP contribution in [0, 0.1) is 0 Å². The fourth-order valence-electron chi connectivity index (χ4n) is 2.66. The summed E-state index contributed by atoms with van der Waals surface area (Å²) in [7, 11) is -3.73. The second-order valence-corrected chi connectivity index (χ2v) is 7.41. The summed E-state index contributed by atoms with van der Waals surface area (Å²) < 4.78 is 22.8. The predicted octanol–water partition coefficient (Wildman–Crippen LogP) is 3.50. The average Bonchev–Trinajstić information content (AvgIpc) is 2.68. The molecular weight excluding hydrogens is 398 g/mol. The number of primary sulfonamides is 1. The minimum atomic E-state index is -3.73. The molecule has 28 heavy (non-hydrogen) atoms. The van der Waals surface area contributed by atoms with E-state index in [2.05, 4.69) is 20.3 Å². The van der Waals surface area contributed by atoms with Gasteiger partial charge in [-0.25, -0.2) is 23.5 Å². The summed E-state index contributed by atoms with van der Waals surface area (Å²) in [5, 5.41) is 9.22. The summed E-state index contributed by atoms with van der Waals surface area (Å²) in [6, 6.07) is 17.5. The smallest absolute Gasteiger partial charge is 0.238 e. The quantitative estimate of drug-likeness (QED) is 0.529. The number of aromatic nitrogens is 3. The zero-order valence-electron chi connectivity index (χ0n) is 14.5. The van der Waals surface area contributed by atoms with Crippen molar-refractivity contribution < 1.29 is 8.42 Å². The number of sulfonamides is 1. The maximum Gasteiger partial charge on any atom is 0.238 e. The molecule has 0 amide bonds. The lowest BCUT2D eigenvalue weighted by atomic mass is 10.2. The van der Waals surface area contributed by atoms with Crippen LogP contribution in [-0.2, 0) is 10.0 Å². The van der Waals surface area contributed by atoms with Crippen LogP contribution in [0.2, 0.25) is 0 Å². The van der Waals surface area contributed by atoms with E-state index in [4.69, 9.17) is 5.14 Å². The lowest BCUT2D eigenvalue weighted by Gasteiger charge is -2.11. The highest BCUT2D eigenvalue weighted by Gasteiger charge is 2.11. The predicted molar refractivity (Wildman–Crippen MR) is 111 cm³/mol. The third-order valence-electron chi connectivity index (χ3n) is 3.97. The molecule has 0 radical (unpaired) electrons. The number of pyridine rings is 1. The standard InChI is InChI=1S/C19H15N5O2S.ClH/c20-27(25,26)15-9-7-14(8-10-15)22-19-16-5-1-2-6-17(16)23-18(24-19)13-4-3-11-21-12-13;/h1-12H,(H2,20,25,26)(H,22,23,24);1H. The van der Waals surface area contributed by atoms with E-state index in [1.165, 1.54) is 12.1 Å². The van der Waals surface area contributed by atoms with Crippen LogP contribution < -0.4 is 10.5 Å². The van der Waals surface area contributed by atoms with Gasteiger partial charge in [0.1, 0.15) is 5.82 Å². The molecule has 7 nitrogen and oxygen atoms in total. The van der Waals surface area contributed by atoms with Crippen molar-refractivity contribution in [3.63, 3.8) is 0 Å². The summed E-state index contributed by atoms with van der Waals surface area (Å²) in [5.74, 6) is 1.16. The zero-order chi connectivity index (χ0) is 18.9. The number of para-hydroxylation sites is 1. The minimum Gasteiger partial charge on any atom is -0.340 e. The van der Waals surface area contributed by atoms with Gasteiger partial charge < -0.3 is 5.32 Å². The Hall–Kier alpha value is -3.07. The molecule has 0 aliphatic heterocycles. The van der Waals surface area contributed by atoms with Crippen molar-refractivity contribution >= 4 is 44.8 Å². The highest BCUT2D eigenvalue weighted by Crippen LogP contribution is 2.27. The lowest BCUT2D eigenvalue weighted by molar-refractivity contribution is 0.598. The number of anilines is 2. The van der Waals surface area contributed by atoms with Crippen LogP contribution in [-0.4, -0.2) is 23.4 Å². The normalized spacial score (nSPS) is 11.0.